The zero-order chi connectivity index (χ0) is 12.3. The van der Waals surface area contributed by atoms with E-state index in [1.54, 1.807) is 0 Å². The van der Waals surface area contributed by atoms with Crippen molar-refractivity contribution in [2.24, 2.45) is 0 Å². The van der Waals surface area contributed by atoms with Crippen LogP contribution in [0.1, 0.15) is 33.3 Å². The highest BCUT2D eigenvalue weighted by molar-refractivity contribution is 9.10. The van der Waals surface area contributed by atoms with Crippen LogP contribution in [0.4, 0.5) is 0 Å². The van der Waals surface area contributed by atoms with Gasteiger partial charge in [-0.3, -0.25) is 0 Å². The molecule has 0 heterocycles. The molecule has 0 fully saturated rings. The van der Waals surface area contributed by atoms with Crippen molar-refractivity contribution in [1.82, 2.24) is 0 Å². The molecule has 0 bridgehead atoms. The van der Waals surface area contributed by atoms with Gasteiger partial charge in [-0.2, -0.15) is 0 Å². The number of hydrogen-bond acceptors (Lipinski definition) is 1. The Morgan fingerprint density at radius 3 is 2.50 bits per heavy atom. The number of rotatable bonds is 3. The normalized spacial score (nSPS) is 11.6. The lowest BCUT2D eigenvalue weighted by molar-refractivity contribution is 0.129. The molecule has 87 valence electrons. The molecule has 2 heteroatoms. The molecule has 0 unspecified atom stereocenters. The maximum Gasteiger partial charge on any atom is 0.134 e. The van der Waals surface area contributed by atoms with E-state index in [0.717, 1.165) is 21.7 Å². The Balaban J connectivity index is 3.09. The average Bonchev–Trinajstić information content (AvgIpc) is 2.18. The summed E-state index contributed by atoms with van der Waals surface area (Å²) >= 11 is 3.58. The van der Waals surface area contributed by atoms with Gasteiger partial charge in [0.1, 0.15) is 11.4 Å². The van der Waals surface area contributed by atoms with Crippen LogP contribution in [0.25, 0.3) is 0 Å². The van der Waals surface area contributed by atoms with Gasteiger partial charge >= 0.3 is 0 Å². The molecular formula is C14H18BrO. The van der Waals surface area contributed by atoms with Crippen molar-refractivity contribution in [2.75, 3.05) is 0 Å². The Hall–Kier alpha value is -0.760. The molecule has 1 radical (unpaired) electrons. The van der Waals surface area contributed by atoms with Crippen LogP contribution in [0, 0.1) is 5.92 Å². The highest BCUT2D eigenvalue weighted by Crippen LogP contribution is 2.34. The summed E-state index contributed by atoms with van der Waals surface area (Å²) in [5.41, 5.74) is 0.931. The lowest BCUT2D eigenvalue weighted by atomic mass is 10.0. The lowest BCUT2D eigenvalue weighted by Gasteiger charge is -2.23. The van der Waals surface area contributed by atoms with Gasteiger partial charge in [-0.05, 0) is 48.3 Å². The van der Waals surface area contributed by atoms with Crippen LogP contribution in [0.5, 0.6) is 5.75 Å². The second-order valence-electron chi connectivity index (χ2n) is 4.72. The highest BCUT2D eigenvalue weighted by Gasteiger charge is 2.16. The molecule has 1 aromatic rings. The molecule has 0 spiro atoms. The summed E-state index contributed by atoms with van der Waals surface area (Å²) in [6.45, 7) is 11.9. The number of allylic oxidation sites excluding steroid dienone is 1. The third kappa shape index (κ3) is 3.38. The predicted molar refractivity (Wildman–Crippen MR) is 72.7 cm³/mol. The van der Waals surface area contributed by atoms with Gasteiger partial charge in [-0.15, -0.1) is 6.58 Å². The summed E-state index contributed by atoms with van der Waals surface area (Å²) in [5, 5.41) is 0. The van der Waals surface area contributed by atoms with Gasteiger partial charge in [0.25, 0.3) is 0 Å². The van der Waals surface area contributed by atoms with E-state index in [1.165, 1.54) is 0 Å². The fraction of sp³-hybridized carbons (Fsp3) is 0.357. The molecule has 0 saturated carbocycles. The van der Waals surface area contributed by atoms with Crippen LogP contribution in [0.2, 0.25) is 0 Å². The van der Waals surface area contributed by atoms with Gasteiger partial charge in [0.15, 0.2) is 0 Å². The molecule has 0 aliphatic rings. The van der Waals surface area contributed by atoms with Crippen molar-refractivity contribution in [3.05, 3.63) is 46.8 Å². The Kier molecular flexibility index (Phi) is 4.20. The van der Waals surface area contributed by atoms with Crippen molar-refractivity contribution >= 4 is 15.9 Å². The van der Waals surface area contributed by atoms with Crippen LogP contribution < -0.4 is 4.74 Å². The van der Waals surface area contributed by atoms with Crippen molar-refractivity contribution in [1.29, 1.82) is 0 Å². The number of halogens is 1. The zero-order valence-electron chi connectivity index (χ0n) is 10.3. The van der Waals surface area contributed by atoms with Crippen LogP contribution in [-0.2, 0) is 0 Å². The van der Waals surface area contributed by atoms with Crippen molar-refractivity contribution in [3.63, 3.8) is 0 Å². The minimum atomic E-state index is -0.191. The second kappa shape index (κ2) is 5.05. The summed E-state index contributed by atoms with van der Waals surface area (Å²) in [5.74, 6) is 2.00. The van der Waals surface area contributed by atoms with Gasteiger partial charge in [0.05, 0.1) is 4.47 Å². The van der Waals surface area contributed by atoms with Crippen LogP contribution in [0.15, 0.2) is 35.3 Å². The quantitative estimate of drug-likeness (QED) is 0.777. The van der Waals surface area contributed by atoms with E-state index in [4.69, 9.17) is 4.74 Å². The molecule has 1 aromatic carbocycles. The topological polar surface area (TPSA) is 9.23 Å². The Morgan fingerprint density at radius 1 is 1.38 bits per heavy atom. The molecule has 0 aliphatic carbocycles. The van der Waals surface area contributed by atoms with E-state index in [9.17, 15) is 0 Å². The maximum atomic E-state index is 5.87. The number of benzene rings is 1. The van der Waals surface area contributed by atoms with Crippen molar-refractivity contribution in [3.8, 4) is 5.75 Å². The van der Waals surface area contributed by atoms with Gasteiger partial charge in [-0.25, -0.2) is 0 Å². The predicted octanol–water partition coefficient (Wildman–Crippen LogP) is 4.75. The fourth-order valence-electron chi connectivity index (χ4n) is 1.33. The average molecular weight is 282 g/mol. The zero-order valence-corrected chi connectivity index (χ0v) is 11.9. The molecule has 0 saturated heterocycles. The van der Waals surface area contributed by atoms with E-state index >= 15 is 0 Å². The first-order valence-electron chi connectivity index (χ1n) is 5.29. The first-order valence-corrected chi connectivity index (χ1v) is 6.08. The van der Waals surface area contributed by atoms with Crippen LogP contribution in [0.3, 0.4) is 0 Å². The molecular weight excluding hydrogens is 264 g/mol. The van der Waals surface area contributed by atoms with Crippen LogP contribution in [-0.4, -0.2) is 5.60 Å². The molecule has 0 N–H and O–H groups in total. The number of ether oxygens (including phenoxy) is 1. The summed E-state index contributed by atoms with van der Waals surface area (Å²) in [7, 11) is 0. The van der Waals surface area contributed by atoms with Crippen LogP contribution >= 0.6 is 15.9 Å². The van der Waals surface area contributed by atoms with E-state index in [0.29, 0.717) is 0 Å². The Labute approximate surface area is 107 Å². The van der Waals surface area contributed by atoms with Crippen molar-refractivity contribution in [2.45, 2.75) is 33.3 Å². The Morgan fingerprint density at radius 2 is 2.00 bits per heavy atom. The van der Waals surface area contributed by atoms with E-state index in [-0.39, 0.29) is 5.60 Å². The van der Waals surface area contributed by atoms with Gasteiger partial charge in [0.2, 0.25) is 0 Å². The lowest BCUT2D eigenvalue weighted by Crippen LogP contribution is -2.23. The molecule has 16 heavy (non-hydrogen) atoms. The first kappa shape index (κ1) is 13.3. The third-order valence-electron chi connectivity index (χ3n) is 2.11. The van der Waals surface area contributed by atoms with Gasteiger partial charge in [0, 0.05) is 5.92 Å². The summed E-state index contributed by atoms with van der Waals surface area (Å²) in [4.78, 5) is 0. The van der Waals surface area contributed by atoms with E-state index in [2.05, 4.69) is 28.6 Å². The standard InChI is InChI=1S/C14H18BrO/c1-6-10(2)11-8-7-9-12(13(11)15)16-14(3,4)5/h6-9H,1H2,2-5H3. The van der Waals surface area contributed by atoms with Gasteiger partial charge < -0.3 is 4.74 Å². The Bertz CT molecular complexity index is 377. The highest BCUT2D eigenvalue weighted by atomic mass is 79.9. The first-order chi connectivity index (χ1) is 7.35. The smallest absolute Gasteiger partial charge is 0.134 e. The minimum Gasteiger partial charge on any atom is -0.487 e. The molecule has 1 nitrogen and oxygen atoms in total. The fourth-order valence-corrected chi connectivity index (χ4v) is 1.99. The van der Waals surface area contributed by atoms with Gasteiger partial charge in [-0.1, -0.05) is 25.1 Å². The summed E-state index contributed by atoms with van der Waals surface area (Å²) in [6, 6.07) is 6.01. The molecule has 0 aromatic heterocycles. The van der Waals surface area contributed by atoms with E-state index in [1.807, 2.05) is 45.9 Å². The molecule has 0 amide bonds. The SMILES string of the molecule is C=C[C](C)c1cccc(OC(C)(C)C)c1Br. The van der Waals surface area contributed by atoms with Crippen molar-refractivity contribution < 1.29 is 4.74 Å². The number of hydrogen-bond donors (Lipinski definition) is 0. The van der Waals surface area contributed by atoms with E-state index < -0.39 is 0 Å². The minimum absolute atomic E-state index is 0.191. The summed E-state index contributed by atoms with van der Waals surface area (Å²) in [6.07, 6.45) is 1.85. The molecule has 1 rings (SSSR count). The third-order valence-corrected chi connectivity index (χ3v) is 2.93. The largest absolute Gasteiger partial charge is 0.487 e. The summed E-state index contributed by atoms with van der Waals surface area (Å²) < 4.78 is 6.86. The maximum absolute atomic E-state index is 5.87. The molecule has 0 atom stereocenters. The monoisotopic (exact) mass is 281 g/mol. The second-order valence-corrected chi connectivity index (χ2v) is 5.51. The molecule has 0 aliphatic heterocycles.